The average molecular weight is 364 g/mol. The summed E-state index contributed by atoms with van der Waals surface area (Å²) in [5.74, 6) is 0.569. The van der Waals surface area contributed by atoms with E-state index in [-0.39, 0.29) is 12.0 Å². The van der Waals surface area contributed by atoms with Gasteiger partial charge in [0, 0.05) is 28.6 Å². The molecule has 140 valence electrons. The number of hydrogen-bond acceptors (Lipinski definition) is 4. The summed E-state index contributed by atoms with van der Waals surface area (Å²) in [5, 5.41) is 4.64. The number of para-hydroxylation sites is 1. The number of methoxy groups -OCH3 is 2. The molecule has 2 N–H and O–H groups in total. The number of H-pyrrole nitrogens is 1. The number of carbonyl (C=O) groups is 1. The zero-order valence-electron chi connectivity index (χ0n) is 16.1. The van der Waals surface area contributed by atoms with Crippen molar-refractivity contribution in [3.05, 3.63) is 64.3 Å². The normalized spacial score (nSPS) is 19.0. The summed E-state index contributed by atoms with van der Waals surface area (Å²) in [6, 6.07) is 11.8. The van der Waals surface area contributed by atoms with Gasteiger partial charge in [-0.2, -0.15) is 0 Å². The molecule has 0 bridgehead atoms. The van der Waals surface area contributed by atoms with Crippen molar-refractivity contribution in [1.29, 1.82) is 0 Å². The van der Waals surface area contributed by atoms with E-state index >= 15 is 0 Å². The lowest BCUT2D eigenvalue weighted by Crippen LogP contribution is -2.45. The van der Waals surface area contributed by atoms with E-state index in [1.165, 1.54) is 7.11 Å². The number of aromatic amines is 1. The van der Waals surface area contributed by atoms with Gasteiger partial charge >= 0.3 is 5.97 Å². The Morgan fingerprint density at radius 3 is 2.67 bits per heavy atom. The molecule has 2 aromatic carbocycles. The van der Waals surface area contributed by atoms with E-state index in [4.69, 9.17) is 9.47 Å². The Hall–Kier alpha value is -2.79. The zero-order valence-corrected chi connectivity index (χ0v) is 16.1. The molecule has 0 aliphatic carbocycles. The molecular formula is C22H24N2O3. The highest BCUT2D eigenvalue weighted by Gasteiger charge is 2.36. The first-order valence-corrected chi connectivity index (χ1v) is 9.12. The lowest BCUT2D eigenvalue weighted by atomic mass is 9.87. The second-order valence-electron chi connectivity index (χ2n) is 7.14. The molecule has 2 heterocycles. The number of ether oxygens (including phenoxy) is 2. The van der Waals surface area contributed by atoms with Crippen LogP contribution in [0.25, 0.3) is 10.9 Å². The fraction of sp³-hybridized carbons (Fsp3) is 0.318. The summed E-state index contributed by atoms with van der Waals surface area (Å²) in [7, 11) is 3.12. The van der Waals surface area contributed by atoms with Crippen LogP contribution in [0.15, 0.2) is 36.4 Å². The molecule has 0 spiro atoms. The predicted octanol–water partition coefficient (Wildman–Crippen LogP) is 3.57. The number of benzene rings is 2. The van der Waals surface area contributed by atoms with Crippen molar-refractivity contribution < 1.29 is 14.3 Å². The smallest absolute Gasteiger partial charge is 0.323 e. The molecule has 2 unspecified atom stereocenters. The number of hydrogen-bond donors (Lipinski definition) is 2. The first-order valence-electron chi connectivity index (χ1n) is 9.12. The van der Waals surface area contributed by atoms with Crippen molar-refractivity contribution in [2.75, 3.05) is 14.2 Å². The standard InChI is InChI=1S/C22H24N2O3/c1-12-9-13(2)19(18(10-12)26-3)21-20-15(11-17(24-21)22(25)27-4)14-7-5-6-8-16(14)23-20/h5-10,17,21,23-24H,11H2,1-4H3. The van der Waals surface area contributed by atoms with E-state index in [1.807, 2.05) is 18.2 Å². The Balaban J connectivity index is 1.94. The molecule has 0 fully saturated rings. The molecule has 27 heavy (non-hydrogen) atoms. The minimum absolute atomic E-state index is 0.180. The Bertz CT molecular complexity index is 1020. The van der Waals surface area contributed by atoms with Crippen LogP contribution in [0, 0.1) is 13.8 Å². The molecule has 0 radical (unpaired) electrons. The average Bonchev–Trinajstić information content (AvgIpc) is 3.05. The summed E-state index contributed by atoms with van der Waals surface area (Å²) in [6.45, 7) is 4.13. The number of rotatable bonds is 3. The van der Waals surface area contributed by atoms with Crippen molar-refractivity contribution in [3.8, 4) is 5.75 Å². The van der Waals surface area contributed by atoms with Gasteiger partial charge in [0.05, 0.1) is 20.3 Å². The second-order valence-corrected chi connectivity index (χ2v) is 7.14. The molecule has 1 aliphatic rings. The van der Waals surface area contributed by atoms with E-state index in [9.17, 15) is 4.79 Å². The van der Waals surface area contributed by atoms with Gasteiger partial charge in [-0.25, -0.2) is 0 Å². The van der Waals surface area contributed by atoms with Gasteiger partial charge in [0.15, 0.2) is 0 Å². The molecule has 0 amide bonds. The highest BCUT2D eigenvalue weighted by molar-refractivity contribution is 5.87. The lowest BCUT2D eigenvalue weighted by molar-refractivity contribution is -0.143. The van der Waals surface area contributed by atoms with Crippen LogP contribution < -0.4 is 10.1 Å². The topological polar surface area (TPSA) is 63.4 Å². The molecule has 0 saturated heterocycles. The van der Waals surface area contributed by atoms with Crippen molar-refractivity contribution in [2.45, 2.75) is 32.4 Å². The minimum Gasteiger partial charge on any atom is -0.496 e. The van der Waals surface area contributed by atoms with Crippen molar-refractivity contribution in [1.82, 2.24) is 10.3 Å². The van der Waals surface area contributed by atoms with Gasteiger partial charge in [0.2, 0.25) is 0 Å². The van der Waals surface area contributed by atoms with E-state index in [0.29, 0.717) is 6.42 Å². The minimum atomic E-state index is -0.405. The van der Waals surface area contributed by atoms with Crippen molar-refractivity contribution in [2.24, 2.45) is 0 Å². The Labute approximate surface area is 158 Å². The number of esters is 1. The molecule has 1 aromatic heterocycles. The van der Waals surface area contributed by atoms with Crippen LogP contribution >= 0.6 is 0 Å². The van der Waals surface area contributed by atoms with E-state index in [2.05, 4.69) is 42.3 Å². The fourth-order valence-corrected chi connectivity index (χ4v) is 4.23. The molecule has 4 rings (SSSR count). The quantitative estimate of drug-likeness (QED) is 0.698. The monoisotopic (exact) mass is 364 g/mol. The molecular weight excluding hydrogens is 340 g/mol. The maximum atomic E-state index is 12.4. The summed E-state index contributed by atoms with van der Waals surface area (Å²) in [6.07, 6.45) is 0.593. The summed E-state index contributed by atoms with van der Waals surface area (Å²) < 4.78 is 10.7. The van der Waals surface area contributed by atoms with E-state index in [1.54, 1.807) is 7.11 Å². The Morgan fingerprint density at radius 2 is 1.93 bits per heavy atom. The Morgan fingerprint density at radius 1 is 1.15 bits per heavy atom. The molecule has 5 nitrogen and oxygen atoms in total. The van der Waals surface area contributed by atoms with Gasteiger partial charge in [-0.15, -0.1) is 0 Å². The molecule has 1 aliphatic heterocycles. The SMILES string of the molecule is COC(=O)C1Cc2c([nH]c3ccccc23)C(c2c(C)cc(C)cc2OC)N1. The first-order chi connectivity index (χ1) is 13.0. The van der Waals surface area contributed by atoms with Gasteiger partial charge in [-0.3, -0.25) is 10.1 Å². The third kappa shape index (κ3) is 2.88. The van der Waals surface area contributed by atoms with E-state index < -0.39 is 6.04 Å². The van der Waals surface area contributed by atoms with Crippen molar-refractivity contribution in [3.63, 3.8) is 0 Å². The maximum absolute atomic E-state index is 12.4. The molecule has 5 heteroatoms. The van der Waals surface area contributed by atoms with Gasteiger partial charge < -0.3 is 14.5 Å². The van der Waals surface area contributed by atoms with Crippen LogP contribution in [0.3, 0.4) is 0 Å². The number of nitrogens with one attached hydrogen (secondary N) is 2. The zero-order chi connectivity index (χ0) is 19.1. The van der Waals surface area contributed by atoms with Crippen molar-refractivity contribution >= 4 is 16.9 Å². The summed E-state index contributed by atoms with van der Waals surface area (Å²) in [4.78, 5) is 15.9. The summed E-state index contributed by atoms with van der Waals surface area (Å²) in [5.41, 5.74) is 6.63. The third-order valence-electron chi connectivity index (χ3n) is 5.40. The maximum Gasteiger partial charge on any atom is 0.323 e. The largest absolute Gasteiger partial charge is 0.496 e. The lowest BCUT2D eigenvalue weighted by Gasteiger charge is -2.32. The number of fused-ring (bicyclic) bond motifs is 3. The van der Waals surface area contributed by atoms with Crippen LogP contribution in [0.2, 0.25) is 0 Å². The van der Waals surface area contributed by atoms with E-state index in [0.717, 1.165) is 44.6 Å². The third-order valence-corrected chi connectivity index (χ3v) is 5.40. The first kappa shape index (κ1) is 17.6. The highest BCUT2D eigenvalue weighted by Crippen LogP contribution is 2.40. The predicted molar refractivity (Wildman–Crippen MR) is 105 cm³/mol. The van der Waals surface area contributed by atoms with Crippen LogP contribution in [0.4, 0.5) is 0 Å². The van der Waals surface area contributed by atoms with Gasteiger partial charge in [-0.1, -0.05) is 24.3 Å². The molecule has 2 atom stereocenters. The van der Waals surface area contributed by atoms with Crippen LogP contribution in [-0.2, 0) is 16.0 Å². The molecule has 0 saturated carbocycles. The van der Waals surface area contributed by atoms with Gasteiger partial charge in [0.25, 0.3) is 0 Å². The molecule has 3 aromatic rings. The number of aryl methyl sites for hydroxylation is 2. The number of aromatic nitrogens is 1. The van der Waals surface area contributed by atoms with Crippen LogP contribution in [0.5, 0.6) is 5.75 Å². The van der Waals surface area contributed by atoms with Gasteiger partial charge in [-0.05, 0) is 42.7 Å². The fourth-order valence-electron chi connectivity index (χ4n) is 4.23. The summed E-state index contributed by atoms with van der Waals surface area (Å²) >= 11 is 0. The highest BCUT2D eigenvalue weighted by atomic mass is 16.5. The second kappa shape index (κ2) is 6.74. The van der Waals surface area contributed by atoms with Crippen LogP contribution in [-0.4, -0.2) is 31.2 Å². The van der Waals surface area contributed by atoms with Gasteiger partial charge in [0.1, 0.15) is 11.8 Å². The van der Waals surface area contributed by atoms with Crippen LogP contribution in [0.1, 0.15) is 34.0 Å². The Kier molecular flexibility index (Phi) is 4.40. The number of carbonyl (C=O) groups excluding carboxylic acids is 1.